The molecule has 2 aromatic heterocycles. The molecule has 0 unspecified atom stereocenters. The molecule has 4 nitrogen and oxygen atoms in total. The molecular formula is C17H13N3OS2. The molecule has 4 rings (SSSR count). The summed E-state index contributed by atoms with van der Waals surface area (Å²) in [5.41, 5.74) is 2.48. The van der Waals surface area contributed by atoms with E-state index in [0.29, 0.717) is 10.7 Å². The van der Waals surface area contributed by atoms with E-state index in [1.165, 1.54) is 16.2 Å². The normalized spacial score (nSPS) is 11.2. The number of benzene rings is 2. The van der Waals surface area contributed by atoms with Crippen LogP contribution in [0.5, 0.6) is 0 Å². The van der Waals surface area contributed by atoms with Gasteiger partial charge in [0.05, 0.1) is 15.8 Å². The summed E-state index contributed by atoms with van der Waals surface area (Å²) in [5, 5.41) is 4.44. The van der Waals surface area contributed by atoms with E-state index in [9.17, 15) is 4.79 Å². The van der Waals surface area contributed by atoms with Crippen molar-refractivity contribution < 1.29 is 4.79 Å². The fourth-order valence-corrected chi connectivity index (χ4v) is 3.92. The van der Waals surface area contributed by atoms with Gasteiger partial charge in [0.1, 0.15) is 0 Å². The average molecular weight is 339 g/mol. The van der Waals surface area contributed by atoms with Crippen molar-refractivity contribution in [2.75, 3.05) is 11.6 Å². The number of aromatic nitrogens is 2. The molecule has 4 aromatic rings. The highest BCUT2D eigenvalue weighted by Crippen LogP contribution is 2.30. The Hall–Kier alpha value is -2.31. The Morgan fingerprint density at radius 3 is 3.00 bits per heavy atom. The third kappa shape index (κ3) is 2.60. The van der Waals surface area contributed by atoms with Crippen LogP contribution in [0.1, 0.15) is 10.4 Å². The summed E-state index contributed by atoms with van der Waals surface area (Å²) < 4.78 is 1.08. The van der Waals surface area contributed by atoms with E-state index in [4.69, 9.17) is 0 Å². The van der Waals surface area contributed by atoms with Crippen LogP contribution < -0.4 is 5.32 Å². The molecule has 2 heterocycles. The highest BCUT2D eigenvalue weighted by Gasteiger charge is 2.14. The van der Waals surface area contributed by atoms with Crippen molar-refractivity contribution >= 4 is 55.3 Å². The number of hydrogen-bond donors (Lipinski definition) is 2. The van der Waals surface area contributed by atoms with Crippen LogP contribution in [0.3, 0.4) is 0 Å². The van der Waals surface area contributed by atoms with Gasteiger partial charge in [0.15, 0.2) is 5.13 Å². The van der Waals surface area contributed by atoms with Crippen LogP contribution in [0, 0.1) is 0 Å². The Bertz CT molecular complexity index is 1020. The second-order valence-electron chi connectivity index (χ2n) is 5.05. The van der Waals surface area contributed by atoms with Crippen molar-refractivity contribution in [3.8, 4) is 0 Å². The SMILES string of the molecule is CSc1ccc2nc(NC(=O)c3c[nH]c4ccccc34)sc2c1. The van der Waals surface area contributed by atoms with Crippen LogP contribution in [0.15, 0.2) is 53.6 Å². The second kappa shape index (κ2) is 5.72. The Labute approximate surface area is 140 Å². The van der Waals surface area contributed by atoms with Gasteiger partial charge in [0.2, 0.25) is 0 Å². The number of nitrogens with zero attached hydrogens (tertiary/aromatic N) is 1. The molecule has 114 valence electrons. The minimum Gasteiger partial charge on any atom is -0.360 e. The maximum Gasteiger partial charge on any atom is 0.259 e. The Kier molecular flexibility index (Phi) is 3.55. The molecule has 0 fully saturated rings. The molecule has 1 amide bonds. The first-order valence-electron chi connectivity index (χ1n) is 7.06. The summed E-state index contributed by atoms with van der Waals surface area (Å²) in [6.07, 6.45) is 3.78. The van der Waals surface area contributed by atoms with E-state index >= 15 is 0 Å². The van der Waals surface area contributed by atoms with E-state index in [2.05, 4.69) is 21.4 Å². The number of H-pyrrole nitrogens is 1. The van der Waals surface area contributed by atoms with Gasteiger partial charge < -0.3 is 4.98 Å². The number of para-hydroxylation sites is 1. The minimum absolute atomic E-state index is 0.147. The standard InChI is InChI=1S/C17H13N3OS2/c1-22-10-6-7-14-15(8-10)23-17(19-14)20-16(21)12-9-18-13-5-3-2-4-11(12)13/h2-9,18H,1H3,(H,19,20,21). The second-order valence-corrected chi connectivity index (χ2v) is 6.97. The number of anilines is 1. The van der Waals surface area contributed by atoms with Gasteiger partial charge >= 0.3 is 0 Å². The highest BCUT2D eigenvalue weighted by molar-refractivity contribution is 7.98. The first-order chi connectivity index (χ1) is 11.2. The molecule has 0 aliphatic carbocycles. The van der Waals surface area contributed by atoms with Gasteiger partial charge in [-0.3, -0.25) is 10.1 Å². The number of amides is 1. The fourth-order valence-electron chi connectivity index (χ4n) is 2.51. The largest absolute Gasteiger partial charge is 0.360 e. The molecule has 23 heavy (non-hydrogen) atoms. The molecule has 0 saturated heterocycles. The molecule has 0 atom stereocenters. The Morgan fingerprint density at radius 1 is 1.26 bits per heavy atom. The van der Waals surface area contributed by atoms with Crippen LogP contribution in [-0.4, -0.2) is 22.1 Å². The van der Waals surface area contributed by atoms with Gasteiger partial charge in [-0.2, -0.15) is 0 Å². The predicted octanol–water partition coefficient (Wildman–Crippen LogP) is 4.75. The van der Waals surface area contributed by atoms with Crippen molar-refractivity contribution in [3.63, 3.8) is 0 Å². The fraction of sp³-hybridized carbons (Fsp3) is 0.0588. The van der Waals surface area contributed by atoms with Gasteiger partial charge in [0, 0.05) is 22.0 Å². The maximum atomic E-state index is 12.5. The lowest BCUT2D eigenvalue weighted by Crippen LogP contribution is -2.10. The topological polar surface area (TPSA) is 57.8 Å². The minimum atomic E-state index is -0.147. The first kappa shape index (κ1) is 14.3. The van der Waals surface area contributed by atoms with Crippen LogP contribution in [0.4, 0.5) is 5.13 Å². The Morgan fingerprint density at radius 2 is 2.13 bits per heavy atom. The lowest BCUT2D eigenvalue weighted by atomic mass is 10.2. The molecule has 0 aliphatic rings. The number of hydrogen-bond acceptors (Lipinski definition) is 4. The molecule has 0 radical (unpaired) electrons. The number of thioether (sulfide) groups is 1. The van der Waals surface area contributed by atoms with Gasteiger partial charge in [-0.15, -0.1) is 11.8 Å². The summed E-state index contributed by atoms with van der Waals surface area (Å²) in [6, 6.07) is 13.9. The molecule has 2 N–H and O–H groups in total. The van der Waals surface area contributed by atoms with Gasteiger partial charge in [-0.25, -0.2) is 4.98 Å². The third-order valence-electron chi connectivity index (χ3n) is 3.65. The van der Waals surface area contributed by atoms with E-state index < -0.39 is 0 Å². The van der Waals surface area contributed by atoms with E-state index in [1.807, 2.05) is 42.7 Å². The highest BCUT2D eigenvalue weighted by atomic mass is 32.2. The molecule has 0 bridgehead atoms. The number of aromatic amines is 1. The van der Waals surface area contributed by atoms with Crippen molar-refractivity contribution in [2.24, 2.45) is 0 Å². The van der Waals surface area contributed by atoms with Crippen molar-refractivity contribution in [1.29, 1.82) is 0 Å². The zero-order valence-corrected chi connectivity index (χ0v) is 13.9. The van der Waals surface area contributed by atoms with Crippen LogP contribution in [0.25, 0.3) is 21.1 Å². The molecule has 0 aliphatic heterocycles. The van der Waals surface area contributed by atoms with Crippen LogP contribution in [0.2, 0.25) is 0 Å². The zero-order valence-electron chi connectivity index (χ0n) is 12.3. The Balaban J connectivity index is 1.66. The van der Waals surface area contributed by atoms with Crippen LogP contribution >= 0.6 is 23.1 Å². The van der Waals surface area contributed by atoms with Gasteiger partial charge in [-0.05, 0) is 30.5 Å². The van der Waals surface area contributed by atoms with E-state index in [-0.39, 0.29) is 5.91 Å². The third-order valence-corrected chi connectivity index (χ3v) is 5.31. The smallest absolute Gasteiger partial charge is 0.259 e. The summed E-state index contributed by atoms with van der Waals surface area (Å²) in [4.78, 5) is 21.3. The number of fused-ring (bicyclic) bond motifs is 2. The lowest BCUT2D eigenvalue weighted by Gasteiger charge is -1.99. The number of carbonyl (C=O) groups is 1. The average Bonchev–Trinajstić information content (AvgIpc) is 3.17. The van der Waals surface area contributed by atoms with Crippen LogP contribution in [-0.2, 0) is 0 Å². The van der Waals surface area contributed by atoms with E-state index in [0.717, 1.165) is 21.1 Å². The number of carbonyl (C=O) groups excluding carboxylic acids is 1. The molecule has 2 aromatic carbocycles. The molecule has 0 spiro atoms. The summed E-state index contributed by atoms with van der Waals surface area (Å²) in [7, 11) is 0. The monoisotopic (exact) mass is 339 g/mol. The predicted molar refractivity (Wildman–Crippen MR) is 97.7 cm³/mol. The van der Waals surface area contributed by atoms with Gasteiger partial charge in [0.25, 0.3) is 5.91 Å². The van der Waals surface area contributed by atoms with Crippen molar-refractivity contribution in [1.82, 2.24) is 9.97 Å². The lowest BCUT2D eigenvalue weighted by molar-refractivity contribution is 0.102. The first-order valence-corrected chi connectivity index (χ1v) is 9.11. The van der Waals surface area contributed by atoms with Gasteiger partial charge in [-0.1, -0.05) is 29.5 Å². The number of rotatable bonds is 3. The number of nitrogens with one attached hydrogen (secondary N) is 2. The summed E-state index contributed by atoms with van der Waals surface area (Å²) >= 11 is 3.18. The molecule has 0 saturated carbocycles. The quantitative estimate of drug-likeness (QED) is 0.530. The van der Waals surface area contributed by atoms with Crippen molar-refractivity contribution in [3.05, 3.63) is 54.2 Å². The summed E-state index contributed by atoms with van der Waals surface area (Å²) in [6.45, 7) is 0. The summed E-state index contributed by atoms with van der Waals surface area (Å²) in [5.74, 6) is -0.147. The zero-order chi connectivity index (χ0) is 15.8. The molecular weight excluding hydrogens is 326 g/mol. The van der Waals surface area contributed by atoms with E-state index in [1.54, 1.807) is 18.0 Å². The molecule has 6 heteroatoms. The maximum absolute atomic E-state index is 12.5. The number of thiazole rings is 1. The van der Waals surface area contributed by atoms with Crippen molar-refractivity contribution in [2.45, 2.75) is 4.90 Å².